The highest BCUT2D eigenvalue weighted by Gasteiger charge is 2.35. The minimum atomic E-state index is -0.495. The summed E-state index contributed by atoms with van der Waals surface area (Å²) in [6.07, 6.45) is 2.47. The zero-order chi connectivity index (χ0) is 16.9. The fraction of sp³-hybridized carbons (Fsp3) is 0.611. The highest BCUT2D eigenvalue weighted by atomic mass is 19.1. The molecule has 0 saturated carbocycles. The van der Waals surface area contributed by atoms with Crippen LogP contribution in [0.4, 0.5) is 4.39 Å². The van der Waals surface area contributed by atoms with Crippen LogP contribution in [0.1, 0.15) is 38.7 Å². The Bertz CT molecular complexity index is 512. The van der Waals surface area contributed by atoms with Crippen molar-refractivity contribution in [3.63, 3.8) is 0 Å². The van der Waals surface area contributed by atoms with Gasteiger partial charge in [-0.05, 0) is 36.5 Å². The molecule has 0 bridgehead atoms. The summed E-state index contributed by atoms with van der Waals surface area (Å²) in [6, 6.07) is 6.06. The summed E-state index contributed by atoms with van der Waals surface area (Å²) in [5.41, 5.74) is 6.83. The molecule has 2 rings (SSSR count). The lowest BCUT2D eigenvalue weighted by Gasteiger charge is -2.38. The smallest absolute Gasteiger partial charge is 0.237 e. The molecule has 1 amide bonds. The van der Waals surface area contributed by atoms with E-state index >= 15 is 0 Å². The molecule has 0 aromatic heterocycles. The number of halogens is 1. The van der Waals surface area contributed by atoms with Gasteiger partial charge in [0, 0.05) is 25.2 Å². The van der Waals surface area contributed by atoms with Crippen molar-refractivity contribution in [1.29, 1.82) is 0 Å². The number of hydrogen-bond donors (Lipinski definition) is 2. The fourth-order valence-electron chi connectivity index (χ4n) is 3.02. The highest BCUT2D eigenvalue weighted by molar-refractivity contribution is 5.81. The van der Waals surface area contributed by atoms with E-state index in [0.29, 0.717) is 19.8 Å². The third-order valence-corrected chi connectivity index (χ3v) is 5.07. The van der Waals surface area contributed by atoms with Crippen molar-refractivity contribution in [2.45, 2.75) is 44.6 Å². The largest absolute Gasteiger partial charge is 0.381 e. The number of ether oxygens (including phenoxy) is 1. The van der Waals surface area contributed by atoms with E-state index in [1.54, 1.807) is 12.1 Å². The zero-order valence-corrected chi connectivity index (χ0v) is 14.0. The molecule has 2 atom stereocenters. The maximum Gasteiger partial charge on any atom is 0.237 e. The average molecular weight is 322 g/mol. The maximum absolute atomic E-state index is 13.2. The number of rotatable bonds is 6. The lowest BCUT2D eigenvalue weighted by atomic mass is 9.74. The van der Waals surface area contributed by atoms with Crippen molar-refractivity contribution in [2.75, 3.05) is 19.8 Å². The maximum atomic E-state index is 13.2. The van der Waals surface area contributed by atoms with Gasteiger partial charge in [-0.15, -0.1) is 0 Å². The molecule has 1 aromatic rings. The van der Waals surface area contributed by atoms with E-state index < -0.39 is 6.04 Å². The molecule has 0 aliphatic carbocycles. The van der Waals surface area contributed by atoms with Crippen molar-refractivity contribution in [1.82, 2.24) is 5.32 Å². The van der Waals surface area contributed by atoms with Crippen molar-refractivity contribution >= 4 is 5.91 Å². The molecular formula is C18H27FN2O2. The van der Waals surface area contributed by atoms with Crippen molar-refractivity contribution in [2.24, 2.45) is 11.7 Å². The fourth-order valence-corrected chi connectivity index (χ4v) is 3.02. The predicted molar refractivity (Wildman–Crippen MR) is 88.6 cm³/mol. The quantitative estimate of drug-likeness (QED) is 0.845. The van der Waals surface area contributed by atoms with Crippen molar-refractivity contribution in [3.05, 3.63) is 35.6 Å². The van der Waals surface area contributed by atoms with Gasteiger partial charge in [0.15, 0.2) is 0 Å². The summed E-state index contributed by atoms with van der Waals surface area (Å²) in [6.45, 7) is 5.80. The molecule has 23 heavy (non-hydrogen) atoms. The summed E-state index contributed by atoms with van der Waals surface area (Å²) >= 11 is 0. The molecule has 1 aliphatic heterocycles. The summed E-state index contributed by atoms with van der Waals surface area (Å²) in [5.74, 6) is -0.224. The standard InChI is InChI=1S/C18H27FN2O2/c1-3-13(2)16(20)17(22)21-12-18(8-10-23-11-9-18)14-4-6-15(19)7-5-14/h4-7,13,16H,3,8-12,20H2,1-2H3,(H,21,22). The van der Waals surface area contributed by atoms with Crippen LogP contribution in [-0.4, -0.2) is 31.7 Å². The third-order valence-electron chi connectivity index (χ3n) is 5.07. The zero-order valence-electron chi connectivity index (χ0n) is 14.0. The molecule has 2 unspecified atom stereocenters. The van der Waals surface area contributed by atoms with Gasteiger partial charge in [-0.3, -0.25) is 4.79 Å². The second-order valence-electron chi connectivity index (χ2n) is 6.53. The second kappa shape index (κ2) is 7.88. The van der Waals surface area contributed by atoms with Gasteiger partial charge in [0.05, 0.1) is 6.04 Å². The number of carbonyl (C=O) groups is 1. The lowest BCUT2D eigenvalue weighted by molar-refractivity contribution is -0.123. The van der Waals surface area contributed by atoms with Crippen LogP contribution in [-0.2, 0) is 14.9 Å². The molecule has 0 radical (unpaired) electrons. The van der Waals surface area contributed by atoms with Crippen LogP contribution in [0, 0.1) is 11.7 Å². The molecule has 1 aromatic carbocycles. The lowest BCUT2D eigenvalue weighted by Crippen LogP contribution is -2.50. The van der Waals surface area contributed by atoms with Gasteiger partial charge in [-0.2, -0.15) is 0 Å². The van der Waals surface area contributed by atoms with E-state index in [2.05, 4.69) is 5.32 Å². The molecule has 5 heteroatoms. The number of nitrogens with two attached hydrogens (primary N) is 1. The molecule has 0 spiro atoms. The molecule has 4 nitrogen and oxygen atoms in total. The summed E-state index contributed by atoms with van der Waals surface area (Å²) in [5, 5.41) is 3.01. The first kappa shape index (κ1) is 17.9. The van der Waals surface area contributed by atoms with E-state index in [4.69, 9.17) is 10.5 Å². The monoisotopic (exact) mass is 322 g/mol. The first-order valence-corrected chi connectivity index (χ1v) is 8.35. The summed E-state index contributed by atoms with van der Waals surface area (Å²) < 4.78 is 18.7. The van der Waals surface area contributed by atoms with Crippen LogP contribution in [0.15, 0.2) is 24.3 Å². The number of amides is 1. The van der Waals surface area contributed by atoms with E-state index in [1.807, 2.05) is 13.8 Å². The molecule has 1 fully saturated rings. The summed E-state index contributed by atoms with van der Waals surface area (Å²) in [4.78, 5) is 12.3. The molecule has 3 N–H and O–H groups in total. The SMILES string of the molecule is CCC(C)C(N)C(=O)NCC1(c2ccc(F)cc2)CCOCC1. The molecular weight excluding hydrogens is 295 g/mol. The number of nitrogens with one attached hydrogen (secondary N) is 1. The summed E-state index contributed by atoms with van der Waals surface area (Å²) in [7, 11) is 0. The number of hydrogen-bond acceptors (Lipinski definition) is 3. The second-order valence-corrected chi connectivity index (χ2v) is 6.53. The van der Waals surface area contributed by atoms with Crippen LogP contribution in [0.5, 0.6) is 0 Å². The molecule has 1 saturated heterocycles. The van der Waals surface area contributed by atoms with Crippen LogP contribution in [0.3, 0.4) is 0 Å². The van der Waals surface area contributed by atoms with Crippen molar-refractivity contribution < 1.29 is 13.9 Å². The van der Waals surface area contributed by atoms with Gasteiger partial charge in [-0.1, -0.05) is 32.4 Å². The first-order chi connectivity index (χ1) is 11.0. The topological polar surface area (TPSA) is 64.4 Å². The predicted octanol–water partition coefficient (Wildman–Crippen LogP) is 2.36. The van der Waals surface area contributed by atoms with Crippen LogP contribution >= 0.6 is 0 Å². The van der Waals surface area contributed by atoms with Crippen LogP contribution in [0.25, 0.3) is 0 Å². The van der Waals surface area contributed by atoms with Crippen molar-refractivity contribution in [3.8, 4) is 0 Å². The minimum absolute atomic E-state index is 0.118. The Morgan fingerprint density at radius 3 is 2.52 bits per heavy atom. The highest BCUT2D eigenvalue weighted by Crippen LogP contribution is 2.34. The van der Waals surface area contributed by atoms with Gasteiger partial charge in [0.1, 0.15) is 5.82 Å². The Hall–Kier alpha value is -1.46. The van der Waals surface area contributed by atoms with Gasteiger partial charge in [0.2, 0.25) is 5.91 Å². The number of benzene rings is 1. The third kappa shape index (κ3) is 4.30. The average Bonchev–Trinajstić information content (AvgIpc) is 2.59. The first-order valence-electron chi connectivity index (χ1n) is 8.35. The Labute approximate surface area is 137 Å². The van der Waals surface area contributed by atoms with E-state index in [-0.39, 0.29) is 23.1 Å². The van der Waals surface area contributed by atoms with Gasteiger partial charge in [0.25, 0.3) is 0 Å². The molecule has 128 valence electrons. The van der Waals surface area contributed by atoms with Gasteiger partial charge >= 0.3 is 0 Å². The van der Waals surface area contributed by atoms with Crippen LogP contribution < -0.4 is 11.1 Å². The van der Waals surface area contributed by atoms with E-state index in [1.165, 1.54) is 12.1 Å². The Balaban J connectivity index is 2.10. The Morgan fingerprint density at radius 2 is 1.96 bits per heavy atom. The Kier molecular flexibility index (Phi) is 6.13. The van der Waals surface area contributed by atoms with Crippen LogP contribution in [0.2, 0.25) is 0 Å². The van der Waals surface area contributed by atoms with Gasteiger partial charge < -0.3 is 15.8 Å². The van der Waals surface area contributed by atoms with E-state index in [9.17, 15) is 9.18 Å². The Morgan fingerprint density at radius 1 is 1.35 bits per heavy atom. The normalized spacial score (nSPS) is 19.8. The number of carbonyl (C=O) groups excluding carboxylic acids is 1. The minimum Gasteiger partial charge on any atom is -0.381 e. The molecule has 1 aliphatic rings. The van der Waals surface area contributed by atoms with Gasteiger partial charge in [-0.25, -0.2) is 4.39 Å². The molecule has 1 heterocycles. The van der Waals surface area contributed by atoms with E-state index in [0.717, 1.165) is 24.8 Å².